The van der Waals surface area contributed by atoms with E-state index in [1.54, 1.807) is 18.0 Å². The zero-order chi connectivity index (χ0) is 26.6. The Bertz CT molecular complexity index is 1060. The molecule has 1 aliphatic heterocycles. The van der Waals surface area contributed by atoms with Crippen molar-refractivity contribution in [3.8, 4) is 5.75 Å². The number of carbonyl (C=O) groups is 3. The molecule has 0 aromatic heterocycles. The van der Waals surface area contributed by atoms with Gasteiger partial charge in [-0.2, -0.15) is 0 Å². The van der Waals surface area contributed by atoms with Crippen molar-refractivity contribution in [3.05, 3.63) is 59.2 Å². The Morgan fingerprint density at radius 1 is 1.08 bits per heavy atom. The van der Waals surface area contributed by atoms with Crippen LogP contribution in [0, 0.1) is 0 Å². The van der Waals surface area contributed by atoms with Gasteiger partial charge in [0.15, 0.2) is 0 Å². The summed E-state index contributed by atoms with van der Waals surface area (Å²) in [6.45, 7) is 6.76. The normalized spacial score (nSPS) is 15.3. The van der Waals surface area contributed by atoms with Crippen molar-refractivity contribution in [2.45, 2.75) is 52.3 Å². The molecular weight excluding hydrogens is 472 g/mol. The lowest BCUT2D eigenvalue weighted by Gasteiger charge is -2.26. The van der Waals surface area contributed by atoms with Crippen LogP contribution < -0.4 is 20.7 Å². The fourth-order valence-corrected chi connectivity index (χ4v) is 4.26. The molecule has 1 aliphatic rings. The summed E-state index contributed by atoms with van der Waals surface area (Å²) in [4.78, 5) is 39.0. The van der Waals surface area contributed by atoms with E-state index >= 15 is 0 Å². The van der Waals surface area contributed by atoms with E-state index in [4.69, 9.17) is 9.47 Å². The SMILES string of the molecule is CCN(CC)C(=O)c1ccc(NC)c(OCCCOCc2ccccc2)c1CNC1CCC(=O)NC1=O. The molecule has 3 N–H and O–H groups in total. The summed E-state index contributed by atoms with van der Waals surface area (Å²) in [5.41, 5.74) is 3.07. The van der Waals surface area contributed by atoms with Crippen LogP contribution in [0.3, 0.4) is 0 Å². The van der Waals surface area contributed by atoms with Crippen molar-refractivity contribution < 1.29 is 23.9 Å². The number of anilines is 1. The number of rotatable bonds is 14. The molecule has 1 heterocycles. The van der Waals surface area contributed by atoms with Crippen molar-refractivity contribution in [1.82, 2.24) is 15.5 Å². The number of carbonyl (C=O) groups excluding carboxylic acids is 3. The summed E-state index contributed by atoms with van der Waals surface area (Å²) in [7, 11) is 1.80. The second-order valence-electron chi connectivity index (χ2n) is 8.82. The lowest BCUT2D eigenvalue weighted by Crippen LogP contribution is -2.50. The minimum absolute atomic E-state index is 0.0937. The Morgan fingerprint density at radius 3 is 2.51 bits per heavy atom. The van der Waals surface area contributed by atoms with Gasteiger partial charge in [-0.15, -0.1) is 0 Å². The summed E-state index contributed by atoms with van der Waals surface area (Å²) >= 11 is 0. The Hall–Kier alpha value is -3.43. The number of amides is 3. The molecule has 3 rings (SSSR count). The van der Waals surface area contributed by atoms with Crippen LogP contribution in [-0.4, -0.2) is 62.0 Å². The predicted octanol–water partition coefficient (Wildman–Crippen LogP) is 3.09. The van der Waals surface area contributed by atoms with Crippen molar-refractivity contribution in [1.29, 1.82) is 0 Å². The third-order valence-electron chi connectivity index (χ3n) is 6.37. The van der Waals surface area contributed by atoms with Crippen molar-refractivity contribution >= 4 is 23.4 Å². The van der Waals surface area contributed by atoms with Gasteiger partial charge in [-0.25, -0.2) is 0 Å². The van der Waals surface area contributed by atoms with E-state index in [2.05, 4.69) is 16.0 Å². The van der Waals surface area contributed by atoms with Crippen LogP contribution in [0.5, 0.6) is 5.75 Å². The second-order valence-corrected chi connectivity index (χ2v) is 8.82. The first-order valence-electron chi connectivity index (χ1n) is 12.9. The number of ether oxygens (including phenoxy) is 2. The largest absolute Gasteiger partial charge is 0.491 e. The first kappa shape index (κ1) is 28.1. The topological polar surface area (TPSA) is 109 Å². The zero-order valence-electron chi connectivity index (χ0n) is 22.0. The van der Waals surface area contributed by atoms with Crippen molar-refractivity contribution in [2.24, 2.45) is 0 Å². The molecule has 9 nitrogen and oxygen atoms in total. The average molecular weight is 511 g/mol. The number of imide groups is 1. The van der Waals surface area contributed by atoms with Crippen molar-refractivity contribution in [2.75, 3.05) is 38.7 Å². The lowest BCUT2D eigenvalue weighted by molar-refractivity contribution is -0.134. The summed E-state index contributed by atoms with van der Waals surface area (Å²) in [6.07, 6.45) is 1.35. The number of nitrogens with zero attached hydrogens (tertiary/aromatic N) is 1. The number of nitrogens with one attached hydrogen (secondary N) is 3. The minimum atomic E-state index is -0.522. The molecule has 0 spiro atoms. The van der Waals surface area contributed by atoms with E-state index in [0.717, 1.165) is 11.3 Å². The van der Waals surface area contributed by atoms with Crippen LogP contribution >= 0.6 is 0 Å². The first-order chi connectivity index (χ1) is 18.0. The molecule has 9 heteroatoms. The van der Waals surface area contributed by atoms with Gasteiger partial charge in [-0.05, 0) is 38.0 Å². The summed E-state index contributed by atoms with van der Waals surface area (Å²) in [5.74, 6) is -0.140. The molecule has 1 saturated heterocycles. The molecule has 2 aromatic carbocycles. The highest BCUT2D eigenvalue weighted by molar-refractivity contribution is 6.00. The highest BCUT2D eigenvalue weighted by Gasteiger charge is 2.28. The Morgan fingerprint density at radius 2 is 1.84 bits per heavy atom. The van der Waals surface area contributed by atoms with Gasteiger partial charge in [0.2, 0.25) is 11.8 Å². The molecule has 200 valence electrons. The molecule has 0 aliphatic carbocycles. The maximum atomic E-state index is 13.4. The van der Waals surface area contributed by atoms with E-state index in [0.29, 0.717) is 62.6 Å². The number of hydrogen-bond acceptors (Lipinski definition) is 7. The highest BCUT2D eigenvalue weighted by Crippen LogP contribution is 2.33. The molecular formula is C28H38N4O5. The standard InChI is InChI=1S/C28H38N4O5/c1-4-32(5-2)28(35)21-12-13-23(29-3)26(22(21)18-30-24-14-15-25(33)31-27(24)34)37-17-9-16-36-19-20-10-7-6-8-11-20/h6-8,10-13,24,29-30H,4-5,9,14-19H2,1-3H3,(H,31,33,34). The van der Waals surface area contributed by atoms with Gasteiger partial charge in [-0.1, -0.05) is 30.3 Å². The zero-order valence-corrected chi connectivity index (χ0v) is 22.0. The predicted molar refractivity (Wildman–Crippen MR) is 142 cm³/mol. The van der Waals surface area contributed by atoms with E-state index in [1.807, 2.05) is 50.2 Å². The maximum Gasteiger partial charge on any atom is 0.254 e. The lowest BCUT2D eigenvalue weighted by atomic mass is 10.0. The Balaban J connectivity index is 1.74. The van der Waals surface area contributed by atoms with Gasteiger partial charge in [0.1, 0.15) is 5.75 Å². The van der Waals surface area contributed by atoms with Crippen LogP contribution in [0.15, 0.2) is 42.5 Å². The molecule has 0 saturated carbocycles. The van der Waals surface area contributed by atoms with E-state index < -0.39 is 6.04 Å². The Kier molecular flexibility index (Phi) is 10.9. The highest BCUT2D eigenvalue weighted by atomic mass is 16.5. The summed E-state index contributed by atoms with van der Waals surface area (Å²) in [6, 6.07) is 13.1. The summed E-state index contributed by atoms with van der Waals surface area (Å²) in [5, 5.41) is 8.75. The van der Waals surface area contributed by atoms with Crippen LogP contribution in [0.4, 0.5) is 5.69 Å². The maximum absolute atomic E-state index is 13.4. The number of hydrogen-bond donors (Lipinski definition) is 3. The molecule has 1 atom stereocenters. The van der Waals surface area contributed by atoms with Crippen molar-refractivity contribution in [3.63, 3.8) is 0 Å². The van der Waals surface area contributed by atoms with Crippen LogP contribution in [-0.2, 0) is 27.5 Å². The van der Waals surface area contributed by atoms with Crippen LogP contribution in [0.25, 0.3) is 0 Å². The smallest absolute Gasteiger partial charge is 0.254 e. The molecule has 1 fully saturated rings. The Labute approximate surface area is 218 Å². The molecule has 0 bridgehead atoms. The quantitative estimate of drug-likeness (QED) is 0.265. The molecule has 0 radical (unpaired) electrons. The first-order valence-corrected chi connectivity index (χ1v) is 12.9. The third-order valence-corrected chi connectivity index (χ3v) is 6.37. The van der Waals surface area contributed by atoms with Gasteiger partial charge in [0, 0.05) is 50.7 Å². The average Bonchev–Trinajstić information content (AvgIpc) is 2.91. The minimum Gasteiger partial charge on any atom is -0.491 e. The molecule has 2 aromatic rings. The molecule has 1 unspecified atom stereocenters. The van der Waals surface area contributed by atoms with Gasteiger partial charge >= 0.3 is 0 Å². The van der Waals surface area contributed by atoms with Gasteiger partial charge in [0.25, 0.3) is 5.91 Å². The molecule has 3 amide bonds. The van der Waals surface area contributed by atoms with Crippen LogP contribution in [0.2, 0.25) is 0 Å². The fourth-order valence-electron chi connectivity index (χ4n) is 4.26. The summed E-state index contributed by atoms with van der Waals surface area (Å²) < 4.78 is 12.0. The van der Waals surface area contributed by atoms with E-state index in [9.17, 15) is 14.4 Å². The molecule has 37 heavy (non-hydrogen) atoms. The third kappa shape index (κ3) is 7.77. The van der Waals surface area contributed by atoms with Gasteiger partial charge < -0.3 is 25.0 Å². The van der Waals surface area contributed by atoms with E-state index in [1.165, 1.54) is 0 Å². The van der Waals surface area contributed by atoms with Gasteiger partial charge in [0.05, 0.1) is 31.5 Å². The monoisotopic (exact) mass is 510 g/mol. The second kappa shape index (κ2) is 14.3. The van der Waals surface area contributed by atoms with Crippen LogP contribution in [0.1, 0.15) is 54.6 Å². The van der Waals surface area contributed by atoms with Gasteiger partial charge in [-0.3, -0.25) is 19.7 Å². The van der Waals surface area contributed by atoms with E-state index in [-0.39, 0.29) is 30.7 Å². The fraction of sp³-hybridized carbons (Fsp3) is 0.464. The number of benzene rings is 2. The number of piperidine rings is 1.